The van der Waals surface area contributed by atoms with Crippen LogP contribution in [-0.2, 0) is 11.3 Å². The normalized spacial score (nSPS) is 15.6. The maximum atomic E-state index is 12.3. The number of carbonyl (C=O) groups is 1. The van der Waals surface area contributed by atoms with Gasteiger partial charge in [-0.05, 0) is 32.9 Å². The summed E-state index contributed by atoms with van der Waals surface area (Å²) in [5.74, 6) is 1.26. The summed E-state index contributed by atoms with van der Waals surface area (Å²) in [6.45, 7) is 9.70. The van der Waals surface area contributed by atoms with Crippen molar-refractivity contribution in [3.63, 3.8) is 0 Å². The van der Waals surface area contributed by atoms with Crippen molar-refractivity contribution in [2.24, 2.45) is 0 Å². The molecule has 3 heterocycles. The highest BCUT2D eigenvalue weighted by molar-refractivity contribution is 5.94. The number of aromatic nitrogens is 2. The van der Waals surface area contributed by atoms with Crippen LogP contribution >= 0.6 is 0 Å². The highest BCUT2D eigenvalue weighted by atomic mass is 16.5. The van der Waals surface area contributed by atoms with Gasteiger partial charge in [-0.1, -0.05) is 5.16 Å². The molecule has 0 atom stereocenters. The Morgan fingerprint density at radius 1 is 1.32 bits per heavy atom. The molecular weight excluding hydrogens is 320 g/mol. The summed E-state index contributed by atoms with van der Waals surface area (Å²) in [6.07, 6.45) is 1.56. The first-order valence-electron chi connectivity index (χ1n) is 8.58. The lowest BCUT2D eigenvalue weighted by Crippen LogP contribution is -2.46. The summed E-state index contributed by atoms with van der Waals surface area (Å²) < 4.78 is 10.6. The standard InChI is InChI=1S/C18H24N4O3/c1-13(2)24-18(23)16-5-4-6-19-17(16)22-9-7-21(8-10-22)12-15-11-14(3)20-25-15/h4-6,11,13H,7-10,12H2,1-3H3. The maximum absolute atomic E-state index is 12.3. The molecule has 1 saturated heterocycles. The van der Waals surface area contributed by atoms with E-state index in [1.54, 1.807) is 18.3 Å². The van der Waals surface area contributed by atoms with Gasteiger partial charge in [0, 0.05) is 38.4 Å². The van der Waals surface area contributed by atoms with Gasteiger partial charge in [0.25, 0.3) is 0 Å². The quantitative estimate of drug-likeness (QED) is 0.770. The monoisotopic (exact) mass is 344 g/mol. The average Bonchev–Trinajstić information content (AvgIpc) is 3.00. The molecule has 0 N–H and O–H groups in total. The number of esters is 1. The molecule has 0 spiro atoms. The summed E-state index contributed by atoms with van der Waals surface area (Å²) in [5, 5.41) is 3.93. The van der Waals surface area contributed by atoms with Crippen molar-refractivity contribution in [2.75, 3.05) is 31.1 Å². The molecule has 1 aliphatic heterocycles. The zero-order valence-electron chi connectivity index (χ0n) is 14.9. The van der Waals surface area contributed by atoms with Gasteiger partial charge in [-0.3, -0.25) is 4.90 Å². The van der Waals surface area contributed by atoms with Crippen molar-refractivity contribution >= 4 is 11.8 Å². The third kappa shape index (κ3) is 4.36. The summed E-state index contributed by atoms with van der Waals surface area (Å²) in [5.41, 5.74) is 1.42. The van der Waals surface area contributed by atoms with Crippen LogP contribution in [-0.4, -0.2) is 53.3 Å². The van der Waals surface area contributed by atoms with E-state index >= 15 is 0 Å². The lowest BCUT2D eigenvalue weighted by molar-refractivity contribution is 0.0378. The van der Waals surface area contributed by atoms with Gasteiger partial charge in [0.05, 0.1) is 18.3 Å². The lowest BCUT2D eigenvalue weighted by atomic mass is 10.2. The lowest BCUT2D eigenvalue weighted by Gasteiger charge is -2.35. The predicted octanol–water partition coefficient (Wildman–Crippen LogP) is 2.27. The smallest absolute Gasteiger partial charge is 0.342 e. The van der Waals surface area contributed by atoms with Crippen LogP contribution in [0.25, 0.3) is 0 Å². The molecule has 7 heteroatoms. The Morgan fingerprint density at radius 2 is 2.08 bits per heavy atom. The van der Waals surface area contributed by atoms with Gasteiger partial charge in [0.15, 0.2) is 5.76 Å². The first kappa shape index (κ1) is 17.4. The number of ether oxygens (including phenoxy) is 1. The minimum Gasteiger partial charge on any atom is -0.459 e. The SMILES string of the molecule is Cc1cc(CN2CCN(c3ncccc3C(=O)OC(C)C)CC2)on1. The Labute approximate surface area is 147 Å². The van der Waals surface area contributed by atoms with Crippen LogP contribution in [0.1, 0.15) is 35.7 Å². The molecule has 0 saturated carbocycles. The van der Waals surface area contributed by atoms with Gasteiger partial charge in [-0.25, -0.2) is 9.78 Å². The second-order valence-corrected chi connectivity index (χ2v) is 6.53. The molecule has 25 heavy (non-hydrogen) atoms. The fourth-order valence-corrected chi connectivity index (χ4v) is 2.91. The van der Waals surface area contributed by atoms with E-state index in [0.29, 0.717) is 11.4 Å². The molecule has 0 radical (unpaired) electrons. The molecule has 134 valence electrons. The number of hydrogen-bond donors (Lipinski definition) is 0. The molecular formula is C18H24N4O3. The summed E-state index contributed by atoms with van der Waals surface area (Å²) in [7, 11) is 0. The molecule has 0 unspecified atom stereocenters. The van der Waals surface area contributed by atoms with Crippen molar-refractivity contribution < 1.29 is 14.1 Å². The van der Waals surface area contributed by atoms with E-state index < -0.39 is 0 Å². The van der Waals surface area contributed by atoms with E-state index in [1.807, 2.05) is 26.8 Å². The summed E-state index contributed by atoms with van der Waals surface area (Å²) in [6, 6.07) is 5.50. The largest absolute Gasteiger partial charge is 0.459 e. The van der Waals surface area contributed by atoms with Crippen molar-refractivity contribution in [3.8, 4) is 0 Å². The third-order valence-electron chi connectivity index (χ3n) is 4.08. The van der Waals surface area contributed by atoms with Crippen LogP contribution in [0.4, 0.5) is 5.82 Å². The van der Waals surface area contributed by atoms with Gasteiger partial charge in [0.1, 0.15) is 11.4 Å². The van der Waals surface area contributed by atoms with Crippen LogP contribution in [0.15, 0.2) is 28.9 Å². The molecule has 2 aromatic heterocycles. The van der Waals surface area contributed by atoms with Gasteiger partial charge >= 0.3 is 5.97 Å². The number of anilines is 1. The highest BCUT2D eigenvalue weighted by Crippen LogP contribution is 2.21. The molecule has 7 nitrogen and oxygen atoms in total. The van der Waals surface area contributed by atoms with Crippen LogP contribution < -0.4 is 4.90 Å². The fourth-order valence-electron chi connectivity index (χ4n) is 2.91. The number of hydrogen-bond acceptors (Lipinski definition) is 7. The Kier molecular flexibility index (Phi) is 5.33. The van der Waals surface area contributed by atoms with E-state index in [2.05, 4.69) is 19.9 Å². The number of aryl methyl sites for hydroxylation is 1. The molecule has 0 aromatic carbocycles. The second-order valence-electron chi connectivity index (χ2n) is 6.53. The van der Waals surface area contributed by atoms with Gasteiger partial charge in [0.2, 0.25) is 0 Å². The fraction of sp³-hybridized carbons (Fsp3) is 0.500. The number of piperazine rings is 1. The van der Waals surface area contributed by atoms with Crippen LogP contribution in [0.2, 0.25) is 0 Å². The van der Waals surface area contributed by atoms with E-state index in [9.17, 15) is 4.79 Å². The number of nitrogens with zero attached hydrogens (tertiary/aromatic N) is 4. The van der Waals surface area contributed by atoms with Crippen LogP contribution in [0.3, 0.4) is 0 Å². The minimum absolute atomic E-state index is 0.150. The van der Waals surface area contributed by atoms with Gasteiger partial charge in [-0.2, -0.15) is 0 Å². The summed E-state index contributed by atoms with van der Waals surface area (Å²) >= 11 is 0. The first-order chi connectivity index (χ1) is 12.0. The molecule has 0 amide bonds. The number of carbonyl (C=O) groups excluding carboxylic acids is 1. The van der Waals surface area contributed by atoms with Crippen LogP contribution in [0, 0.1) is 6.92 Å². The molecule has 1 aliphatic rings. The Morgan fingerprint density at radius 3 is 2.72 bits per heavy atom. The average molecular weight is 344 g/mol. The minimum atomic E-state index is -0.322. The van der Waals surface area contributed by atoms with E-state index in [-0.39, 0.29) is 12.1 Å². The molecule has 0 bridgehead atoms. The Hall–Kier alpha value is -2.41. The van der Waals surface area contributed by atoms with Crippen molar-refractivity contribution in [1.82, 2.24) is 15.0 Å². The Bertz CT molecular complexity index is 721. The number of pyridine rings is 1. The van der Waals surface area contributed by atoms with Crippen molar-refractivity contribution in [2.45, 2.75) is 33.4 Å². The number of rotatable bonds is 5. The molecule has 0 aliphatic carbocycles. The van der Waals surface area contributed by atoms with Crippen molar-refractivity contribution in [1.29, 1.82) is 0 Å². The van der Waals surface area contributed by atoms with Gasteiger partial charge < -0.3 is 14.2 Å². The third-order valence-corrected chi connectivity index (χ3v) is 4.08. The second kappa shape index (κ2) is 7.65. The zero-order valence-corrected chi connectivity index (χ0v) is 14.9. The first-order valence-corrected chi connectivity index (χ1v) is 8.58. The van der Waals surface area contributed by atoms with Crippen molar-refractivity contribution in [3.05, 3.63) is 41.4 Å². The topological polar surface area (TPSA) is 71.7 Å². The Balaban J connectivity index is 1.64. The molecule has 3 rings (SSSR count). The van der Waals surface area contributed by atoms with Gasteiger partial charge in [-0.15, -0.1) is 0 Å². The molecule has 1 fully saturated rings. The molecule has 2 aromatic rings. The van der Waals surface area contributed by atoms with E-state index in [0.717, 1.165) is 44.2 Å². The summed E-state index contributed by atoms with van der Waals surface area (Å²) in [4.78, 5) is 21.2. The van der Waals surface area contributed by atoms with E-state index in [4.69, 9.17) is 9.26 Å². The van der Waals surface area contributed by atoms with Crippen LogP contribution in [0.5, 0.6) is 0 Å². The predicted molar refractivity (Wildman–Crippen MR) is 93.5 cm³/mol. The zero-order chi connectivity index (χ0) is 17.8. The maximum Gasteiger partial charge on any atom is 0.342 e. The van der Waals surface area contributed by atoms with E-state index in [1.165, 1.54) is 0 Å². The highest BCUT2D eigenvalue weighted by Gasteiger charge is 2.24.